The van der Waals surface area contributed by atoms with Crippen LogP contribution >= 0.6 is 7.92 Å². The van der Waals surface area contributed by atoms with Gasteiger partial charge in [-0.2, -0.15) is 0 Å². The summed E-state index contributed by atoms with van der Waals surface area (Å²) >= 11 is 0. The number of hydrogen-bond donors (Lipinski definition) is 0. The molecular formula is C45H28F5N2P. The molecule has 7 aromatic rings. The molecule has 1 aromatic heterocycles. The summed E-state index contributed by atoms with van der Waals surface area (Å²) in [7, 11) is -1.24. The first-order chi connectivity index (χ1) is 25.9. The third-order valence-corrected chi connectivity index (χ3v) is 12.4. The highest BCUT2D eigenvalue weighted by Crippen LogP contribution is 2.47. The fourth-order valence-electron chi connectivity index (χ4n) is 7.61. The van der Waals surface area contributed by atoms with Gasteiger partial charge in [-0.1, -0.05) is 158 Å². The van der Waals surface area contributed by atoms with Crippen LogP contribution in [0.2, 0.25) is 0 Å². The largest absolute Gasteiger partial charge is 0.315 e. The summed E-state index contributed by atoms with van der Waals surface area (Å²) in [6.07, 6.45) is 7.35. The Kier molecular flexibility index (Phi) is 8.24. The Labute approximate surface area is 303 Å². The quantitative estimate of drug-likeness (QED) is 0.0728. The van der Waals surface area contributed by atoms with E-state index in [1.807, 2.05) is 115 Å². The maximum absolute atomic E-state index is 16.3. The molecule has 1 aliphatic carbocycles. The first-order valence-corrected chi connectivity index (χ1v) is 18.4. The predicted molar refractivity (Wildman–Crippen MR) is 202 cm³/mol. The molecule has 0 saturated carbocycles. The van der Waals surface area contributed by atoms with E-state index in [9.17, 15) is 4.39 Å². The molecule has 2 aliphatic rings. The maximum atomic E-state index is 16.3. The highest BCUT2D eigenvalue weighted by atomic mass is 31.1. The topological polar surface area (TPSA) is 17.8 Å². The van der Waals surface area contributed by atoms with Crippen LogP contribution in [0.5, 0.6) is 0 Å². The smallest absolute Gasteiger partial charge is 0.200 e. The Morgan fingerprint density at radius 2 is 1.09 bits per heavy atom. The lowest BCUT2D eigenvalue weighted by Crippen LogP contribution is -2.34. The minimum absolute atomic E-state index is 0.366. The van der Waals surface area contributed by atoms with Gasteiger partial charge in [0.15, 0.2) is 23.3 Å². The van der Waals surface area contributed by atoms with E-state index in [2.05, 4.69) is 30.3 Å². The van der Waals surface area contributed by atoms with Gasteiger partial charge in [-0.25, -0.2) is 26.9 Å². The van der Waals surface area contributed by atoms with Gasteiger partial charge >= 0.3 is 0 Å². The molecule has 0 N–H and O–H groups in total. The fraction of sp³-hybridized carbons (Fsp3) is 0.0444. The predicted octanol–water partition coefficient (Wildman–Crippen LogP) is 8.69. The Bertz CT molecular complexity index is 2610. The highest BCUT2D eigenvalue weighted by Gasteiger charge is 2.40. The lowest BCUT2D eigenvalue weighted by atomic mass is 9.90. The molecule has 0 saturated heterocycles. The van der Waals surface area contributed by atoms with Crippen LogP contribution in [0.4, 0.5) is 22.0 Å². The molecule has 2 heterocycles. The van der Waals surface area contributed by atoms with Crippen molar-refractivity contribution in [1.82, 2.24) is 9.55 Å². The van der Waals surface area contributed by atoms with E-state index in [1.54, 1.807) is 16.7 Å². The van der Waals surface area contributed by atoms with Crippen LogP contribution in [0.3, 0.4) is 0 Å². The van der Waals surface area contributed by atoms with E-state index < -0.39 is 54.5 Å². The summed E-state index contributed by atoms with van der Waals surface area (Å²) in [4.78, 5) is 5.37. The summed E-state index contributed by atoms with van der Waals surface area (Å²) in [6.45, 7) is 0. The van der Waals surface area contributed by atoms with Gasteiger partial charge in [0.05, 0.1) is 23.0 Å². The molecule has 8 heteroatoms. The number of imidazole rings is 1. The Balaban J connectivity index is 1.49. The van der Waals surface area contributed by atoms with Crippen molar-refractivity contribution in [3.8, 4) is 33.9 Å². The zero-order chi connectivity index (χ0) is 36.2. The SMILES string of the molecule is Fc1c(F)c(F)c(C2C3C=CC=c4ccc(P(c5ccccc5)c5ccccc5)c(c4=C3)-c3nc(-c4ccccc4)c(-c4ccccc4)n32)c(F)c1F. The second-order valence-electron chi connectivity index (χ2n) is 12.9. The highest BCUT2D eigenvalue weighted by molar-refractivity contribution is 7.80. The average molecular weight is 723 g/mol. The van der Waals surface area contributed by atoms with Crippen molar-refractivity contribution < 1.29 is 22.0 Å². The summed E-state index contributed by atoms with van der Waals surface area (Å²) in [5.74, 6) is -10.4. The summed E-state index contributed by atoms with van der Waals surface area (Å²) < 4.78 is 79.4. The normalized spacial score (nSPS) is 15.7. The summed E-state index contributed by atoms with van der Waals surface area (Å²) in [5.41, 5.74) is 2.21. The van der Waals surface area contributed by atoms with Crippen LogP contribution in [-0.4, -0.2) is 9.55 Å². The lowest BCUT2D eigenvalue weighted by molar-refractivity contribution is 0.354. The average Bonchev–Trinajstić information content (AvgIpc) is 3.37. The minimum atomic E-state index is -2.20. The van der Waals surface area contributed by atoms with E-state index in [0.717, 1.165) is 37.5 Å². The zero-order valence-corrected chi connectivity index (χ0v) is 28.8. The lowest BCUT2D eigenvalue weighted by Gasteiger charge is -2.29. The van der Waals surface area contributed by atoms with Crippen LogP contribution < -0.4 is 26.4 Å². The van der Waals surface area contributed by atoms with Gasteiger partial charge < -0.3 is 4.57 Å². The molecular weight excluding hydrogens is 694 g/mol. The van der Waals surface area contributed by atoms with Crippen molar-refractivity contribution in [1.29, 1.82) is 0 Å². The molecule has 0 spiro atoms. The number of nitrogens with zero attached hydrogens (tertiary/aromatic N) is 2. The number of allylic oxidation sites excluding steroid dienone is 2. The van der Waals surface area contributed by atoms with Crippen molar-refractivity contribution in [2.45, 2.75) is 6.04 Å². The molecule has 0 amide bonds. The third kappa shape index (κ3) is 5.38. The number of hydrogen-bond acceptors (Lipinski definition) is 1. The third-order valence-electron chi connectivity index (χ3n) is 9.91. The van der Waals surface area contributed by atoms with Gasteiger partial charge in [-0.05, 0) is 34.3 Å². The fourth-order valence-corrected chi connectivity index (χ4v) is 10.1. The molecule has 2 bridgehead atoms. The zero-order valence-electron chi connectivity index (χ0n) is 27.9. The molecule has 0 radical (unpaired) electrons. The first-order valence-electron chi connectivity index (χ1n) is 17.1. The number of aromatic nitrogens is 2. The van der Waals surface area contributed by atoms with E-state index in [-0.39, 0.29) is 0 Å². The van der Waals surface area contributed by atoms with Gasteiger partial charge in [-0.3, -0.25) is 0 Å². The van der Waals surface area contributed by atoms with E-state index in [1.165, 1.54) is 0 Å². The standard InChI is InChI=1S/C45H28F5N2P/c46-37-36(38(47)40(49)41(50)39(37)48)43-30-19-13-18-27-24-25-34(53(31-20-9-3-10-21-31)32-22-11-4-12-23-32)35(33(27)26-30)45-51-42(28-14-5-1-6-15-28)44(52(43)45)29-16-7-2-8-17-29/h1-26,30,43H. The van der Waals surface area contributed by atoms with Crippen LogP contribution in [0.15, 0.2) is 146 Å². The molecule has 2 atom stereocenters. The van der Waals surface area contributed by atoms with Crippen LogP contribution in [0.25, 0.3) is 46.1 Å². The van der Waals surface area contributed by atoms with Gasteiger partial charge in [0.2, 0.25) is 5.82 Å². The van der Waals surface area contributed by atoms with E-state index in [4.69, 9.17) is 4.98 Å². The van der Waals surface area contributed by atoms with Crippen molar-refractivity contribution in [2.75, 3.05) is 0 Å². The molecule has 2 unspecified atom stereocenters. The maximum Gasteiger partial charge on any atom is 0.200 e. The molecule has 0 fully saturated rings. The summed E-state index contributed by atoms with van der Waals surface area (Å²) in [6, 6.07) is 41.6. The van der Waals surface area contributed by atoms with Gasteiger partial charge in [-0.15, -0.1) is 0 Å². The molecule has 9 rings (SSSR count). The van der Waals surface area contributed by atoms with E-state index >= 15 is 17.6 Å². The van der Waals surface area contributed by atoms with Crippen molar-refractivity contribution in [2.24, 2.45) is 5.92 Å². The van der Waals surface area contributed by atoms with Crippen LogP contribution in [0, 0.1) is 35.0 Å². The molecule has 53 heavy (non-hydrogen) atoms. The Morgan fingerprint density at radius 3 is 1.68 bits per heavy atom. The van der Waals surface area contributed by atoms with Crippen LogP contribution in [-0.2, 0) is 0 Å². The Morgan fingerprint density at radius 1 is 0.566 bits per heavy atom. The van der Waals surface area contributed by atoms with Crippen molar-refractivity contribution >= 4 is 36.0 Å². The number of benzene rings is 6. The van der Waals surface area contributed by atoms with Crippen LogP contribution in [0.1, 0.15) is 11.6 Å². The minimum Gasteiger partial charge on any atom is -0.315 e. The van der Waals surface area contributed by atoms with Crippen molar-refractivity contribution in [3.63, 3.8) is 0 Å². The monoisotopic (exact) mass is 722 g/mol. The van der Waals surface area contributed by atoms with Gasteiger partial charge in [0.25, 0.3) is 0 Å². The first kappa shape index (κ1) is 33.0. The summed E-state index contributed by atoms with van der Waals surface area (Å²) in [5, 5.41) is 4.69. The van der Waals surface area contributed by atoms with E-state index in [0.29, 0.717) is 22.8 Å². The molecule has 1 aliphatic heterocycles. The molecule has 258 valence electrons. The number of halogens is 5. The van der Waals surface area contributed by atoms with Gasteiger partial charge in [0.1, 0.15) is 5.82 Å². The second kappa shape index (κ2) is 13.3. The number of fused-ring (bicyclic) bond motifs is 3. The molecule has 2 nitrogen and oxygen atoms in total. The molecule has 6 aromatic carbocycles. The van der Waals surface area contributed by atoms with Crippen molar-refractivity contribution in [3.05, 3.63) is 191 Å². The Hall–Kier alpha value is -5.91. The second-order valence-corrected chi connectivity index (χ2v) is 15.1. The number of rotatable bonds is 6. The van der Waals surface area contributed by atoms with Gasteiger partial charge in [0, 0.05) is 22.6 Å².